The standard InChI is InChI=1S/C13H21N7/c1-13(2,3)12-17-9(14)7-11(18-12)15-6-5-10-16-8-20(4)19-10/h7-8H,5-6H2,1-4H3,(H3,14,15,17,18). The Morgan fingerprint density at radius 1 is 1.30 bits per heavy atom. The molecular weight excluding hydrogens is 254 g/mol. The van der Waals surface area contributed by atoms with Gasteiger partial charge in [-0.25, -0.2) is 15.0 Å². The number of hydrogen-bond donors (Lipinski definition) is 2. The zero-order valence-electron chi connectivity index (χ0n) is 12.4. The third-order valence-electron chi connectivity index (χ3n) is 2.72. The second-order valence-corrected chi connectivity index (χ2v) is 5.76. The van der Waals surface area contributed by atoms with Crippen LogP contribution in [-0.2, 0) is 18.9 Å². The van der Waals surface area contributed by atoms with Gasteiger partial charge in [-0.15, -0.1) is 0 Å². The molecule has 0 aliphatic rings. The van der Waals surface area contributed by atoms with Gasteiger partial charge in [-0.2, -0.15) is 5.10 Å². The quantitative estimate of drug-likeness (QED) is 0.869. The lowest BCUT2D eigenvalue weighted by Crippen LogP contribution is -2.18. The van der Waals surface area contributed by atoms with Crippen LogP contribution in [0.2, 0.25) is 0 Å². The molecule has 0 radical (unpaired) electrons. The van der Waals surface area contributed by atoms with E-state index in [-0.39, 0.29) is 5.41 Å². The van der Waals surface area contributed by atoms with Crippen molar-refractivity contribution in [2.24, 2.45) is 7.05 Å². The van der Waals surface area contributed by atoms with Crippen molar-refractivity contribution >= 4 is 11.6 Å². The number of nitrogens with one attached hydrogen (secondary N) is 1. The molecule has 0 bridgehead atoms. The Balaban J connectivity index is 2.00. The molecule has 7 nitrogen and oxygen atoms in total. The SMILES string of the molecule is Cn1cnc(CCNc2cc(N)nc(C(C)(C)C)n2)n1. The highest BCUT2D eigenvalue weighted by atomic mass is 15.3. The van der Waals surface area contributed by atoms with E-state index >= 15 is 0 Å². The van der Waals surface area contributed by atoms with Gasteiger partial charge in [-0.05, 0) is 0 Å². The topological polar surface area (TPSA) is 94.5 Å². The third kappa shape index (κ3) is 3.66. The van der Waals surface area contributed by atoms with Crippen molar-refractivity contribution in [1.29, 1.82) is 0 Å². The van der Waals surface area contributed by atoms with E-state index in [4.69, 9.17) is 5.73 Å². The minimum absolute atomic E-state index is 0.131. The molecule has 0 aromatic carbocycles. The fourth-order valence-electron chi connectivity index (χ4n) is 1.69. The molecule has 0 aliphatic carbocycles. The lowest BCUT2D eigenvalue weighted by Gasteiger charge is -2.18. The maximum Gasteiger partial charge on any atom is 0.152 e. The molecule has 7 heteroatoms. The van der Waals surface area contributed by atoms with Crippen LogP contribution in [-0.4, -0.2) is 31.3 Å². The summed E-state index contributed by atoms with van der Waals surface area (Å²) < 4.78 is 1.69. The molecule has 0 atom stereocenters. The van der Waals surface area contributed by atoms with Crippen LogP contribution in [0.1, 0.15) is 32.4 Å². The van der Waals surface area contributed by atoms with E-state index in [1.165, 1.54) is 0 Å². The molecule has 2 aromatic rings. The first kappa shape index (κ1) is 14.2. The summed E-state index contributed by atoms with van der Waals surface area (Å²) in [6.07, 6.45) is 2.42. The lowest BCUT2D eigenvalue weighted by atomic mass is 9.96. The molecule has 108 valence electrons. The van der Waals surface area contributed by atoms with E-state index in [0.717, 1.165) is 23.9 Å². The molecule has 2 heterocycles. The maximum atomic E-state index is 5.82. The highest BCUT2D eigenvalue weighted by Gasteiger charge is 2.18. The molecule has 3 N–H and O–H groups in total. The number of nitrogen functional groups attached to an aromatic ring is 1. The second kappa shape index (κ2) is 5.44. The highest BCUT2D eigenvalue weighted by Crippen LogP contribution is 2.21. The molecule has 0 aliphatic heterocycles. The zero-order chi connectivity index (χ0) is 14.8. The first-order valence-electron chi connectivity index (χ1n) is 6.58. The minimum Gasteiger partial charge on any atom is -0.384 e. The van der Waals surface area contributed by atoms with Crippen LogP contribution in [0.5, 0.6) is 0 Å². The Bertz CT molecular complexity index is 583. The summed E-state index contributed by atoms with van der Waals surface area (Å²) in [7, 11) is 1.85. The molecule has 2 aromatic heterocycles. The van der Waals surface area contributed by atoms with Crippen LogP contribution in [0.15, 0.2) is 12.4 Å². The first-order chi connectivity index (χ1) is 9.34. The van der Waals surface area contributed by atoms with Crippen molar-refractivity contribution in [3.05, 3.63) is 24.0 Å². The van der Waals surface area contributed by atoms with Crippen molar-refractivity contribution in [3.63, 3.8) is 0 Å². The lowest BCUT2D eigenvalue weighted by molar-refractivity contribution is 0.547. The summed E-state index contributed by atoms with van der Waals surface area (Å²) in [6, 6.07) is 1.74. The number of nitrogens with zero attached hydrogens (tertiary/aromatic N) is 5. The monoisotopic (exact) mass is 275 g/mol. The Morgan fingerprint density at radius 2 is 2.05 bits per heavy atom. The molecule has 2 rings (SSSR count). The zero-order valence-corrected chi connectivity index (χ0v) is 12.4. The Hall–Kier alpha value is -2.18. The minimum atomic E-state index is -0.131. The summed E-state index contributed by atoms with van der Waals surface area (Å²) in [6.45, 7) is 6.88. The highest BCUT2D eigenvalue weighted by molar-refractivity contribution is 5.45. The molecule has 0 fully saturated rings. The van der Waals surface area contributed by atoms with Gasteiger partial charge in [0, 0.05) is 31.5 Å². The van der Waals surface area contributed by atoms with Gasteiger partial charge in [-0.1, -0.05) is 20.8 Å². The summed E-state index contributed by atoms with van der Waals surface area (Å²) >= 11 is 0. The predicted octanol–water partition coefficient (Wildman–Crippen LogP) is 1.14. The van der Waals surface area contributed by atoms with Crippen LogP contribution in [0.25, 0.3) is 0 Å². The first-order valence-corrected chi connectivity index (χ1v) is 6.58. The normalized spacial score (nSPS) is 11.6. The number of nitrogens with two attached hydrogens (primary N) is 1. The smallest absolute Gasteiger partial charge is 0.152 e. The average molecular weight is 275 g/mol. The molecule has 0 saturated heterocycles. The van der Waals surface area contributed by atoms with Crippen molar-refractivity contribution in [2.75, 3.05) is 17.6 Å². The van der Waals surface area contributed by atoms with E-state index in [0.29, 0.717) is 12.4 Å². The van der Waals surface area contributed by atoms with Crippen LogP contribution < -0.4 is 11.1 Å². The van der Waals surface area contributed by atoms with E-state index in [2.05, 4.69) is 46.1 Å². The summed E-state index contributed by atoms with van der Waals surface area (Å²) in [5, 5.41) is 7.46. The number of aryl methyl sites for hydroxylation is 1. The maximum absolute atomic E-state index is 5.82. The van der Waals surface area contributed by atoms with Crippen LogP contribution >= 0.6 is 0 Å². The van der Waals surface area contributed by atoms with Gasteiger partial charge >= 0.3 is 0 Å². The molecule has 0 amide bonds. The molecule has 20 heavy (non-hydrogen) atoms. The molecule has 0 saturated carbocycles. The van der Waals surface area contributed by atoms with Crippen LogP contribution in [0.4, 0.5) is 11.6 Å². The Morgan fingerprint density at radius 3 is 2.65 bits per heavy atom. The van der Waals surface area contributed by atoms with E-state index in [1.807, 2.05) is 7.05 Å². The van der Waals surface area contributed by atoms with Crippen molar-refractivity contribution in [1.82, 2.24) is 24.7 Å². The third-order valence-corrected chi connectivity index (χ3v) is 2.72. The van der Waals surface area contributed by atoms with E-state index in [9.17, 15) is 0 Å². The summed E-state index contributed by atoms with van der Waals surface area (Å²) in [4.78, 5) is 12.9. The van der Waals surface area contributed by atoms with Gasteiger partial charge in [0.25, 0.3) is 0 Å². The van der Waals surface area contributed by atoms with Crippen LogP contribution in [0.3, 0.4) is 0 Å². The number of anilines is 2. The van der Waals surface area contributed by atoms with Gasteiger partial charge < -0.3 is 11.1 Å². The van der Waals surface area contributed by atoms with Gasteiger partial charge in [0.2, 0.25) is 0 Å². The van der Waals surface area contributed by atoms with Crippen LogP contribution in [0, 0.1) is 0 Å². The van der Waals surface area contributed by atoms with E-state index < -0.39 is 0 Å². The van der Waals surface area contributed by atoms with Crippen molar-refractivity contribution in [3.8, 4) is 0 Å². The molecular formula is C13H21N7. The average Bonchev–Trinajstić information content (AvgIpc) is 2.73. The number of rotatable bonds is 4. The van der Waals surface area contributed by atoms with Gasteiger partial charge in [0.05, 0.1) is 0 Å². The Kier molecular flexibility index (Phi) is 3.87. The van der Waals surface area contributed by atoms with Gasteiger partial charge in [-0.3, -0.25) is 4.68 Å². The van der Waals surface area contributed by atoms with Crippen molar-refractivity contribution < 1.29 is 0 Å². The summed E-state index contributed by atoms with van der Waals surface area (Å²) in [5.41, 5.74) is 5.69. The van der Waals surface area contributed by atoms with E-state index in [1.54, 1.807) is 17.1 Å². The second-order valence-electron chi connectivity index (χ2n) is 5.76. The summed E-state index contributed by atoms with van der Waals surface area (Å²) in [5.74, 6) is 2.75. The van der Waals surface area contributed by atoms with Gasteiger partial charge in [0.15, 0.2) is 5.82 Å². The molecule has 0 spiro atoms. The predicted molar refractivity (Wildman–Crippen MR) is 78.3 cm³/mol. The fourth-order valence-corrected chi connectivity index (χ4v) is 1.69. The molecule has 0 unspecified atom stereocenters. The fraction of sp³-hybridized carbons (Fsp3) is 0.538. The van der Waals surface area contributed by atoms with Crippen molar-refractivity contribution in [2.45, 2.75) is 32.6 Å². The number of aromatic nitrogens is 5. The van der Waals surface area contributed by atoms with Gasteiger partial charge in [0.1, 0.15) is 23.8 Å². The Labute approximate surface area is 118 Å². The largest absolute Gasteiger partial charge is 0.384 e. The number of hydrogen-bond acceptors (Lipinski definition) is 6.